The Morgan fingerprint density at radius 3 is 2.57 bits per heavy atom. The molecule has 116 valence electrons. The van der Waals surface area contributed by atoms with Crippen molar-refractivity contribution in [2.24, 2.45) is 5.92 Å². The fourth-order valence-electron chi connectivity index (χ4n) is 4.05. The van der Waals surface area contributed by atoms with Gasteiger partial charge in [0.1, 0.15) is 0 Å². The van der Waals surface area contributed by atoms with E-state index in [1.807, 2.05) is 0 Å². The summed E-state index contributed by atoms with van der Waals surface area (Å²) in [5.41, 5.74) is 1.89. The first-order valence-electron chi connectivity index (χ1n) is 8.73. The van der Waals surface area contributed by atoms with Crippen LogP contribution in [0.3, 0.4) is 0 Å². The number of nitrogens with zero attached hydrogens (tertiary/aromatic N) is 1. The first-order valence-corrected chi connectivity index (χ1v) is 8.73. The molecule has 1 aromatic rings. The van der Waals surface area contributed by atoms with E-state index in [0.29, 0.717) is 11.6 Å². The van der Waals surface area contributed by atoms with Crippen LogP contribution in [0.15, 0.2) is 30.3 Å². The third kappa shape index (κ3) is 3.49. The Kier molecular flexibility index (Phi) is 4.66. The van der Waals surface area contributed by atoms with E-state index in [4.69, 9.17) is 0 Å². The second-order valence-electron chi connectivity index (χ2n) is 7.45. The molecular weight excluding hydrogens is 256 g/mol. The van der Waals surface area contributed by atoms with Crippen LogP contribution in [0.4, 0.5) is 0 Å². The predicted molar refractivity (Wildman–Crippen MR) is 89.4 cm³/mol. The van der Waals surface area contributed by atoms with E-state index in [9.17, 15) is 0 Å². The number of hydrogen-bond donors (Lipinski definition) is 1. The van der Waals surface area contributed by atoms with Gasteiger partial charge in [-0.2, -0.15) is 0 Å². The molecule has 1 spiro atoms. The maximum absolute atomic E-state index is 3.92. The number of piperazine rings is 1. The molecule has 2 aliphatic rings. The molecule has 0 radical (unpaired) electrons. The lowest BCUT2D eigenvalue weighted by Crippen LogP contribution is -2.60. The van der Waals surface area contributed by atoms with Gasteiger partial charge in [0.25, 0.3) is 0 Å². The van der Waals surface area contributed by atoms with Crippen molar-refractivity contribution in [1.29, 1.82) is 0 Å². The van der Waals surface area contributed by atoms with Crippen molar-refractivity contribution in [3.63, 3.8) is 0 Å². The molecule has 1 heterocycles. The van der Waals surface area contributed by atoms with E-state index in [2.05, 4.69) is 54.4 Å². The van der Waals surface area contributed by atoms with Gasteiger partial charge in [0.2, 0.25) is 0 Å². The van der Waals surface area contributed by atoms with Crippen LogP contribution in [0.5, 0.6) is 0 Å². The van der Waals surface area contributed by atoms with Crippen LogP contribution in [0.2, 0.25) is 0 Å². The van der Waals surface area contributed by atoms with Gasteiger partial charge < -0.3 is 5.32 Å². The van der Waals surface area contributed by atoms with Crippen molar-refractivity contribution in [3.05, 3.63) is 35.9 Å². The van der Waals surface area contributed by atoms with E-state index in [0.717, 1.165) is 12.5 Å². The molecule has 1 atom stereocenters. The maximum Gasteiger partial charge on any atom is 0.0473 e. The fraction of sp³-hybridized carbons (Fsp3) is 0.684. The smallest absolute Gasteiger partial charge is 0.0473 e. The molecule has 0 bridgehead atoms. The van der Waals surface area contributed by atoms with E-state index < -0.39 is 0 Å². The molecule has 3 rings (SSSR count). The molecule has 0 aromatic heterocycles. The highest BCUT2D eigenvalue weighted by Crippen LogP contribution is 2.36. The third-order valence-corrected chi connectivity index (χ3v) is 5.36. The van der Waals surface area contributed by atoms with Crippen LogP contribution >= 0.6 is 0 Å². The first-order chi connectivity index (χ1) is 10.2. The summed E-state index contributed by atoms with van der Waals surface area (Å²) in [6, 6.07) is 11.6. The van der Waals surface area contributed by atoms with Crippen LogP contribution in [-0.2, 0) is 0 Å². The molecule has 1 N–H and O–H groups in total. The summed E-state index contributed by atoms with van der Waals surface area (Å²) >= 11 is 0. The Labute approximate surface area is 129 Å². The summed E-state index contributed by atoms with van der Waals surface area (Å²) in [7, 11) is 0. The molecule has 21 heavy (non-hydrogen) atoms. The molecule has 1 aromatic carbocycles. The number of rotatable bonds is 4. The highest BCUT2D eigenvalue weighted by molar-refractivity contribution is 5.21. The van der Waals surface area contributed by atoms with Gasteiger partial charge in [-0.1, -0.05) is 57.0 Å². The van der Waals surface area contributed by atoms with Gasteiger partial charge in [-0.15, -0.1) is 0 Å². The van der Waals surface area contributed by atoms with Crippen LogP contribution in [0.25, 0.3) is 0 Å². The van der Waals surface area contributed by atoms with Crippen molar-refractivity contribution >= 4 is 0 Å². The summed E-state index contributed by atoms with van der Waals surface area (Å²) in [4.78, 5) is 2.76. The Morgan fingerprint density at radius 1 is 1.19 bits per heavy atom. The van der Waals surface area contributed by atoms with Crippen LogP contribution in [0.1, 0.15) is 57.6 Å². The molecule has 0 amide bonds. The van der Waals surface area contributed by atoms with Gasteiger partial charge in [-0.3, -0.25) is 4.90 Å². The second-order valence-corrected chi connectivity index (χ2v) is 7.45. The standard InChI is InChI=1S/C19H30N2/c1-16(2)10-13-21-15-19(11-6-7-12-19)20-14-18(21)17-8-4-3-5-9-17/h3-5,8-9,16,18,20H,6-7,10-15H2,1-2H3. The summed E-state index contributed by atoms with van der Waals surface area (Å²) in [6.45, 7) is 8.26. The van der Waals surface area contributed by atoms with Crippen LogP contribution in [-0.4, -0.2) is 30.1 Å². The zero-order valence-electron chi connectivity index (χ0n) is 13.6. The Morgan fingerprint density at radius 2 is 1.90 bits per heavy atom. The van der Waals surface area contributed by atoms with E-state index in [1.165, 1.54) is 50.8 Å². The third-order valence-electron chi connectivity index (χ3n) is 5.36. The largest absolute Gasteiger partial charge is 0.308 e. The summed E-state index contributed by atoms with van der Waals surface area (Å²) < 4.78 is 0. The first kappa shape index (κ1) is 15.1. The van der Waals surface area contributed by atoms with E-state index >= 15 is 0 Å². The minimum absolute atomic E-state index is 0.419. The van der Waals surface area contributed by atoms with Gasteiger partial charge >= 0.3 is 0 Å². The van der Waals surface area contributed by atoms with Gasteiger partial charge in [0.05, 0.1) is 0 Å². The van der Waals surface area contributed by atoms with Crippen molar-refractivity contribution in [3.8, 4) is 0 Å². The Hall–Kier alpha value is -0.860. The number of nitrogens with one attached hydrogen (secondary N) is 1. The van der Waals surface area contributed by atoms with Gasteiger partial charge in [0.15, 0.2) is 0 Å². The quantitative estimate of drug-likeness (QED) is 0.900. The van der Waals surface area contributed by atoms with E-state index in [-0.39, 0.29) is 0 Å². The highest BCUT2D eigenvalue weighted by Gasteiger charge is 2.41. The molecule has 2 nitrogen and oxygen atoms in total. The lowest BCUT2D eigenvalue weighted by molar-refractivity contribution is 0.0760. The minimum atomic E-state index is 0.419. The average molecular weight is 286 g/mol. The zero-order chi connectivity index (χ0) is 14.7. The van der Waals surface area contributed by atoms with Crippen LogP contribution in [0, 0.1) is 5.92 Å². The molecule has 2 heteroatoms. The zero-order valence-corrected chi connectivity index (χ0v) is 13.6. The molecule has 1 aliphatic carbocycles. The summed E-state index contributed by atoms with van der Waals surface area (Å²) in [6.07, 6.45) is 6.85. The summed E-state index contributed by atoms with van der Waals surface area (Å²) in [5, 5.41) is 3.92. The topological polar surface area (TPSA) is 15.3 Å². The molecule has 1 unspecified atom stereocenters. The second kappa shape index (κ2) is 6.50. The normalized spacial score (nSPS) is 25.8. The number of hydrogen-bond acceptors (Lipinski definition) is 2. The highest BCUT2D eigenvalue weighted by atomic mass is 15.3. The predicted octanol–water partition coefficient (Wildman–Crippen LogP) is 3.99. The van der Waals surface area contributed by atoms with E-state index in [1.54, 1.807) is 0 Å². The molecule has 1 aliphatic heterocycles. The SMILES string of the molecule is CC(C)CCN1CC2(CCCC2)NCC1c1ccccc1. The average Bonchev–Trinajstić information content (AvgIpc) is 2.94. The maximum atomic E-state index is 3.92. The monoisotopic (exact) mass is 286 g/mol. The molecule has 1 saturated heterocycles. The lowest BCUT2D eigenvalue weighted by Gasteiger charge is -2.47. The summed E-state index contributed by atoms with van der Waals surface area (Å²) in [5.74, 6) is 0.788. The van der Waals surface area contributed by atoms with Crippen molar-refractivity contribution in [2.75, 3.05) is 19.6 Å². The molecule has 1 saturated carbocycles. The van der Waals surface area contributed by atoms with Gasteiger partial charge in [0, 0.05) is 24.7 Å². The van der Waals surface area contributed by atoms with Gasteiger partial charge in [-0.05, 0) is 37.3 Å². The fourth-order valence-corrected chi connectivity index (χ4v) is 4.05. The van der Waals surface area contributed by atoms with Crippen molar-refractivity contribution < 1.29 is 0 Å². The molecule has 2 fully saturated rings. The van der Waals surface area contributed by atoms with Crippen molar-refractivity contribution in [2.45, 2.75) is 57.5 Å². The lowest BCUT2D eigenvalue weighted by atomic mass is 9.90. The van der Waals surface area contributed by atoms with Crippen molar-refractivity contribution in [1.82, 2.24) is 10.2 Å². The van der Waals surface area contributed by atoms with Crippen LogP contribution < -0.4 is 5.32 Å². The number of benzene rings is 1. The Balaban J connectivity index is 1.75. The Bertz CT molecular complexity index is 434. The molecular formula is C19H30N2. The minimum Gasteiger partial charge on any atom is -0.308 e. The van der Waals surface area contributed by atoms with Gasteiger partial charge in [-0.25, -0.2) is 0 Å².